The number of piperazine rings is 1. The van der Waals surface area contributed by atoms with E-state index < -0.39 is 0 Å². The molecule has 0 saturated carbocycles. The summed E-state index contributed by atoms with van der Waals surface area (Å²) in [6, 6.07) is 4.06. The largest absolute Gasteiger partial charge is 0.483 e. The number of hydrogen-bond donors (Lipinski definition) is 3. The van der Waals surface area contributed by atoms with Gasteiger partial charge < -0.3 is 25.5 Å². The molecule has 4 N–H and O–H groups in total. The maximum Gasteiger partial charge on any atom is 0.319 e. The first-order valence-electron chi connectivity index (χ1n) is 12.2. The highest BCUT2D eigenvalue weighted by Gasteiger charge is 2.37. The lowest BCUT2D eigenvalue weighted by Gasteiger charge is -2.39. The summed E-state index contributed by atoms with van der Waals surface area (Å²) in [5.41, 5.74) is 8.97. The lowest BCUT2D eigenvalue weighted by atomic mass is 10.1. The highest BCUT2D eigenvalue weighted by Crippen LogP contribution is 2.30. The number of carboxylic acid groups (broad SMARTS) is 1. The fourth-order valence-corrected chi connectivity index (χ4v) is 5.17. The number of likely N-dealkylation sites (N-methyl/N-ethyl adjacent to an activating group) is 1. The molecule has 2 bridgehead atoms. The van der Waals surface area contributed by atoms with Crippen molar-refractivity contribution in [2.45, 2.75) is 70.4 Å². The number of hydrogen-bond acceptors (Lipinski definition) is 8. The van der Waals surface area contributed by atoms with Crippen LogP contribution in [0.25, 0.3) is 11.0 Å². The van der Waals surface area contributed by atoms with Crippen LogP contribution in [0.4, 0.5) is 5.82 Å². The number of anilines is 1. The zero-order valence-electron chi connectivity index (χ0n) is 20.3. The van der Waals surface area contributed by atoms with Crippen LogP contribution in [0.3, 0.4) is 0 Å². The number of H-pyrrole nitrogens is 1. The van der Waals surface area contributed by atoms with Crippen molar-refractivity contribution < 1.29 is 14.6 Å². The molecule has 2 aromatic heterocycles. The van der Waals surface area contributed by atoms with Gasteiger partial charge in [-0.2, -0.15) is 15.2 Å². The number of nitrogen functional groups attached to an aromatic ring is 1. The Kier molecular flexibility index (Phi) is 9.48. The van der Waals surface area contributed by atoms with Gasteiger partial charge in [-0.25, -0.2) is 0 Å². The molecule has 0 spiro atoms. The summed E-state index contributed by atoms with van der Waals surface area (Å²) in [4.78, 5) is 25.5. The van der Waals surface area contributed by atoms with E-state index in [-0.39, 0.29) is 6.47 Å². The first kappa shape index (κ1) is 25.7. The zero-order valence-corrected chi connectivity index (χ0v) is 20.3. The molecule has 2 aliphatic heterocycles. The van der Waals surface area contributed by atoms with Crippen LogP contribution in [-0.4, -0.2) is 81.7 Å². The molecule has 186 valence electrons. The van der Waals surface area contributed by atoms with E-state index in [0.29, 0.717) is 29.6 Å². The lowest BCUT2D eigenvalue weighted by molar-refractivity contribution is -0.122. The molecule has 2 saturated heterocycles. The predicted octanol–water partition coefficient (Wildman–Crippen LogP) is 2.78. The summed E-state index contributed by atoms with van der Waals surface area (Å²) < 4.78 is 5.67. The summed E-state index contributed by atoms with van der Waals surface area (Å²) >= 11 is 0. The number of rotatable bonds is 10. The Morgan fingerprint density at radius 1 is 1.24 bits per heavy atom. The Balaban J connectivity index is 0.00000103. The lowest BCUT2D eigenvalue weighted by Crippen LogP contribution is -2.52. The van der Waals surface area contributed by atoms with Crippen molar-refractivity contribution in [2.75, 3.05) is 39.0 Å². The summed E-state index contributed by atoms with van der Waals surface area (Å²) in [6.45, 7) is 6.04. The van der Waals surface area contributed by atoms with Crippen LogP contribution in [0.1, 0.15) is 63.1 Å². The summed E-state index contributed by atoms with van der Waals surface area (Å²) in [7, 11) is 2.24. The first-order valence-corrected chi connectivity index (χ1v) is 12.2. The van der Waals surface area contributed by atoms with Gasteiger partial charge in [-0.3, -0.25) is 9.69 Å². The minimum Gasteiger partial charge on any atom is -0.483 e. The van der Waals surface area contributed by atoms with Crippen molar-refractivity contribution in [3.8, 4) is 12.1 Å². The minimum atomic E-state index is -0.250. The molecule has 0 aromatic carbocycles. The summed E-state index contributed by atoms with van der Waals surface area (Å²) in [5, 5.41) is 16.5. The molecule has 0 radical (unpaired) electrons. The Morgan fingerprint density at radius 3 is 2.59 bits per heavy atom. The van der Waals surface area contributed by atoms with Crippen molar-refractivity contribution in [1.29, 1.82) is 5.26 Å². The minimum absolute atomic E-state index is 0.250. The number of nitriles is 1. The molecule has 10 nitrogen and oxygen atoms in total. The van der Waals surface area contributed by atoms with Crippen LogP contribution in [0, 0.1) is 11.3 Å². The Hall–Kier alpha value is -2.90. The Morgan fingerprint density at radius 2 is 1.94 bits per heavy atom. The van der Waals surface area contributed by atoms with Gasteiger partial charge in [0.2, 0.25) is 0 Å². The number of carbonyl (C=O) groups is 1. The first-order chi connectivity index (χ1) is 16.5. The highest BCUT2D eigenvalue weighted by molar-refractivity contribution is 5.89. The van der Waals surface area contributed by atoms with E-state index >= 15 is 0 Å². The van der Waals surface area contributed by atoms with E-state index in [9.17, 15) is 5.26 Å². The molecular weight excluding hydrogens is 434 g/mol. The van der Waals surface area contributed by atoms with Crippen molar-refractivity contribution in [1.82, 2.24) is 24.8 Å². The van der Waals surface area contributed by atoms with Crippen molar-refractivity contribution in [3.05, 3.63) is 11.3 Å². The third kappa shape index (κ3) is 6.15. The van der Waals surface area contributed by atoms with Crippen LogP contribution in [0.2, 0.25) is 0 Å². The number of aryl methyl sites for hydroxylation is 1. The smallest absolute Gasteiger partial charge is 0.319 e. The van der Waals surface area contributed by atoms with E-state index in [1.807, 2.05) is 0 Å². The molecule has 34 heavy (non-hydrogen) atoms. The number of likely N-dealkylation sites (tertiary alicyclic amines) is 1. The molecule has 2 atom stereocenters. The standard InChI is InChI=1S/C23H35N7O.CH2O2/c1-3-4-12-31-23-27-20-18(19(13-24)26-21(20)22(25)28-23)8-6-5-7-11-30-16-9-10-17(30)15-29(2)14-16;2-1-3/h16-17,26H,3-12,14-15H2,1-2H3,(H2,25,27,28);1H,(H,2,3). The van der Waals surface area contributed by atoms with Gasteiger partial charge in [0, 0.05) is 30.7 Å². The van der Waals surface area contributed by atoms with Crippen LogP contribution in [0.5, 0.6) is 6.01 Å². The van der Waals surface area contributed by atoms with Crippen LogP contribution >= 0.6 is 0 Å². The van der Waals surface area contributed by atoms with Crippen molar-refractivity contribution in [3.63, 3.8) is 0 Å². The van der Waals surface area contributed by atoms with Gasteiger partial charge in [0.1, 0.15) is 22.8 Å². The Bertz CT molecular complexity index is 973. The predicted molar refractivity (Wildman–Crippen MR) is 131 cm³/mol. The topological polar surface area (TPSA) is 144 Å². The molecule has 0 amide bonds. The number of nitrogens with one attached hydrogen (secondary N) is 1. The Labute approximate surface area is 201 Å². The van der Waals surface area contributed by atoms with Gasteiger partial charge in [-0.1, -0.05) is 19.8 Å². The fourth-order valence-electron chi connectivity index (χ4n) is 5.17. The summed E-state index contributed by atoms with van der Waals surface area (Å²) in [6.07, 6.45) is 8.86. The number of aromatic nitrogens is 3. The fraction of sp³-hybridized carbons (Fsp3) is 0.667. The second-order valence-corrected chi connectivity index (χ2v) is 9.17. The molecule has 2 fully saturated rings. The third-order valence-corrected chi connectivity index (χ3v) is 6.75. The number of aromatic amines is 1. The van der Waals surface area contributed by atoms with Gasteiger partial charge in [0.05, 0.1) is 6.61 Å². The van der Waals surface area contributed by atoms with E-state index in [4.69, 9.17) is 20.4 Å². The molecule has 2 aliphatic rings. The number of nitrogens with two attached hydrogens (primary N) is 1. The number of ether oxygens (including phenoxy) is 1. The van der Waals surface area contributed by atoms with E-state index in [1.54, 1.807) is 0 Å². The summed E-state index contributed by atoms with van der Waals surface area (Å²) in [5.74, 6) is 0.338. The van der Waals surface area contributed by atoms with Gasteiger partial charge in [0.25, 0.3) is 6.47 Å². The second kappa shape index (κ2) is 12.5. The maximum atomic E-state index is 9.60. The average molecular weight is 472 g/mol. The highest BCUT2D eigenvalue weighted by atomic mass is 16.5. The average Bonchev–Trinajstić information content (AvgIpc) is 3.28. The van der Waals surface area contributed by atoms with Crippen molar-refractivity contribution in [2.24, 2.45) is 0 Å². The SMILES string of the molecule is CCCCOc1nc(N)c2[nH]c(C#N)c(CCCCCN3C4CCC3CN(C)C4)c2n1.O=CO. The van der Waals surface area contributed by atoms with Gasteiger partial charge in [-0.15, -0.1) is 0 Å². The zero-order chi connectivity index (χ0) is 24.5. The molecule has 4 heterocycles. The maximum absolute atomic E-state index is 9.60. The molecule has 4 rings (SSSR count). The van der Waals surface area contributed by atoms with Crippen molar-refractivity contribution >= 4 is 23.3 Å². The quantitative estimate of drug-likeness (QED) is 0.352. The normalized spacial score (nSPS) is 20.0. The van der Waals surface area contributed by atoms with Crippen LogP contribution in [-0.2, 0) is 11.2 Å². The van der Waals surface area contributed by atoms with Gasteiger partial charge in [-0.05, 0) is 52.1 Å². The van der Waals surface area contributed by atoms with E-state index in [2.05, 4.69) is 44.8 Å². The van der Waals surface area contributed by atoms with E-state index in [1.165, 1.54) is 38.9 Å². The molecule has 2 aromatic rings. The number of unbranched alkanes of at least 4 members (excludes halogenated alkanes) is 3. The molecule has 10 heteroatoms. The van der Waals surface area contributed by atoms with E-state index in [0.717, 1.165) is 55.3 Å². The van der Waals surface area contributed by atoms with Gasteiger partial charge in [0.15, 0.2) is 5.82 Å². The number of fused-ring (bicyclic) bond motifs is 3. The van der Waals surface area contributed by atoms with Crippen LogP contribution in [0.15, 0.2) is 0 Å². The third-order valence-electron chi connectivity index (χ3n) is 6.75. The second-order valence-electron chi connectivity index (χ2n) is 9.17. The number of nitrogens with zero attached hydrogens (tertiary/aromatic N) is 5. The van der Waals surface area contributed by atoms with Crippen LogP contribution < -0.4 is 10.5 Å². The molecule has 0 aliphatic carbocycles. The molecular formula is C24H37N7O3. The van der Waals surface area contributed by atoms with Gasteiger partial charge >= 0.3 is 6.01 Å². The monoisotopic (exact) mass is 471 g/mol. The molecule has 2 unspecified atom stereocenters.